The van der Waals surface area contributed by atoms with Gasteiger partial charge in [-0.3, -0.25) is 4.79 Å². The Kier molecular flexibility index (Phi) is 5.13. The minimum absolute atomic E-state index is 0.247. The summed E-state index contributed by atoms with van der Waals surface area (Å²) in [4.78, 5) is 14.5. The molecule has 0 aliphatic carbocycles. The normalized spacial score (nSPS) is 16.7. The molecule has 3 N–H and O–H groups in total. The second-order valence-corrected chi connectivity index (χ2v) is 6.04. The maximum absolute atomic E-state index is 12.4. The zero-order chi connectivity index (χ0) is 16.9. The summed E-state index contributed by atoms with van der Waals surface area (Å²) >= 11 is 0. The molecular weight excluding hydrogens is 304 g/mol. The fraction of sp³-hybridized carbons (Fsp3) is 0.316. The van der Waals surface area contributed by atoms with Crippen LogP contribution in [0.5, 0.6) is 0 Å². The Morgan fingerprint density at radius 2 is 1.67 bits per heavy atom. The van der Waals surface area contributed by atoms with Crippen molar-refractivity contribution in [3.05, 3.63) is 60.2 Å². The lowest BCUT2D eigenvalue weighted by Gasteiger charge is -2.32. The Morgan fingerprint density at radius 1 is 1.04 bits per heavy atom. The van der Waals surface area contributed by atoms with Crippen LogP contribution in [0.2, 0.25) is 0 Å². The third-order valence-electron chi connectivity index (χ3n) is 4.33. The SMILES string of the molecule is O=C(Nc1ccccc1N1CCC(O)CC1)C(O)c1ccccc1. The Hall–Kier alpha value is -2.37. The number of nitrogens with one attached hydrogen (secondary N) is 1. The number of anilines is 2. The molecule has 0 spiro atoms. The smallest absolute Gasteiger partial charge is 0.257 e. The van der Waals surface area contributed by atoms with Crippen molar-refractivity contribution in [2.24, 2.45) is 0 Å². The summed E-state index contributed by atoms with van der Waals surface area (Å²) in [6.45, 7) is 1.49. The first-order valence-corrected chi connectivity index (χ1v) is 8.21. The van der Waals surface area contributed by atoms with E-state index in [0.29, 0.717) is 11.3 Å². The van der Waals surface area contributed by atoms with Gasteiger partial charge < -0.3 is 20.4 Å². The first-order chi connectivity index (χ1) is 11.6. The van der Waals surface area contributed by atoms with Crippen LogP contribution >= 0.6 is 0 Å². The number of carbonyl (C=O) groups is 1. The highest BCUT2D eigenvalue weighted by Gasteiger charge is 2.22. The molecule has 0 bridgehead atoms. The van der Waals surface area contributed by atoms with Crippen LogP contribution in [0.25, 0.3) is 0 Å². The van der Waals surface area contributed by atoms with Gasteiger partial charge in [-0.05, 0) is 30.5 Å². The van der Waals surface area contributed by atoms with E-state index in [1.54, 1.807) is 24.3 Å². The van der Waals surface area contributed by atoms with Crippen molar-refractivity contribution in [2.75, 3.05) is 23.3 Å². The topological polar surface area (TPSA) is 72.8 Å². The number of amides is 1. The number of piperidine rings is 1. The van der Waals surface area contributed by atoms with Crippen LogP contribution < -0.4 is 10.2 Å². The molecule has 1 aliphatic heterocycles. The van der Waals surface area contributed by atoms with Crippen LogP contribution in [0, 0.1) is 0 Å². The predicted molar refractivity (Wildman–Crippen MR) is 93.9 cm³/mol. The van der Waals surface area contributed by atoms with Crippen LogP contribution in [0.3, 0.4) is 0 Å². The number of hydrogen-bond acceptors (Lipinski definition) is 4. The first kappa shape index (κ1) is 16.5. The van der Waals surface area contributed by atoms with Crippen molar-refractivity contribution in [1.82, 2.24) is 0 Å². The highest BCUT2D eigenvalue weighted by molar-refractivity contribution is 5.97. The van der Waals surface area contributed by atoms with Gasteiger partial charge in [-0.15, -0.1) is 0 Å². The van der Waals surface area contributed by atoms with E-state index in [0.717, 1.165) is 31.6 Å². The van der Waals surface area contributed by atoms with Gasteiger partial charge in [0.1, 0.15) is 0 Å². The molecule has 1 aliphatic rings. The van der Waals surface area contributed by atoms with Gasteiger partial charge in [0.15, 0.2) is 6.10 Å². The van der Waals surface area contributed by atoms with Crippen molar-refractivity contribution >= 4 is 17.3 Å². The molecule has 1 fully saturated rings. The summed E-state index contributed by atoms with van der Waals surface area (Å²) in [5.74, 6) is -0.453. The quantitative estimate of drug-likeness (QED) is 0.806. The van der Waals surface area contributed by atoms with E-state index in [4.69, 9.17) is 0 Å². The number of carbonyl (C=O) groups excluding carboxylic acids is 1. The van der Waals surface area contributed by atoms with Gasteiger partial charge >= 0.3 is 0 Å². The minimum Gasteiger partial charge on any atom is -0.393 e. The molecule has 1 heterocycles. The summed E-state index contributed by atoms with van der Waals surface area (Å²) in [6, 6.07) is 16.4. The van der Waals surface area contributed by atoms with Crippen molar-refractivity contribution in [3.63, 3.8) is 0 Å². The summed E-state index contributed by atoms with van der Waals surface area (Å²) < 4.78 is 0. The summed E-state index contributed by atoms with van der Waals surface area (Å²) in [6.07, 6.45) is -0.0190. The molecule has 2 aromatic rings. The fourth-order valence-corrected chi connectivity index (χ4v) is 2.95. The second-order valence-electron chi connectivity index (χ2n) is 6.04. The lowest BCUT2D eigenvalue weighted by Crippen LogP contribution is -2.36. The fourth-order valence-electron chi connectivity index (χ4n) is 2.95. The highest BCUT2D eigenvalue weighted by atomic mass is 16.3. The van der Waals surface area contributed by atoms with E-state index < -0.39 is 12.0 Å². The number of benzene rings is 2. The summed E-state index contributed by atoms with van der Waals surface area (Å²) in [5.41, 5.74) is 2.15. The minimum atomic E-state index is -1.21. The van der Waals surface area contributed by atoms with Gasteiger partial charge in [-0.2, -0.15) is 0 Å². The van der Waals surface area contributed by atoms with Crippen molar-refractivity contribution in [2.45, 2.75) is 25.0 Å². The van der Waals surface area contributed by atoms with Gasteiger partial charge in [0, 0.05) is 13.1 Å². The number of rotatable bonds is 4. The molecule has 126 valence electrons. The number of hydrogen-bond donors (Lipinski definition) is 3. The Morgan fingerprint density at radius 3 is 2.38 bits per heavy atom. The third-order valence-corrected chi connectivity index (χ3v) is 4.33. The first-order valence-electron chi connectivity index (χ1n) is 8.21. The maximum Gasteiger partial charge on any atom is 0.257 e. The Balaban J connectivity index is 1.74. The molecule has 1 saturated heterocycles. The largest absolute Gasteiger partial charge is 0.393 e. The molecule has 0 aromatic heterocycles. The monoisotopic (exact) mass is 326 g/mol. The van der Waals surface area contributed by atoms with Crippen LogP contribution in [0.4, 0.5) is 11.4 Å². The standard InChI is InChI=1S/C19H22N2O3/c22-15-10-12-21(13-11-15)17-9-5-4-8-16(17)20-19(24)18(23)14-6-2-1-3-7-14/h1-9,15,18,22-23H,10-13H2,(H,20,24). The van der Waals surface area contributed by atoms with E-state index in [9.17, 15) is 15.0 Å². The van der Waals surface area contributed by atoms with Gasteiger partial charge in [0.05, 0.1) is 17.5 Å². The number of para-hydroxylation sites is 2. The Bertz CT molecular complexity index is 682. The molecule has 0 radical (unpaired) electrons. The van der Waals surface area contributed by atoms with E-state index >= 15 is 0 Å². The van der Waals surface area contributed by atoms with E-state index in [1.165, 1.54) is 0 Å². The maximum atomic E-state index is 12.4. The molecule has 24 heavy (non-hydrogen) atoms. The molecule has 1 amide bonds. The zero-order valence-corrected chi connectivity index (χ0v) is 13.4. The van der Waals surface area contributed by atoms with Crippen LogP contribution in [0.15, 0.2) is 54.6 Å². The molecule has 5 heteroatoms. The molecule has 5 nitrogen and oxygen atoms in total. The third kappa shape index (κ3) is 3.75. The van der Waals surface area contributed by atoms with Crippen LogP contribution in [-0.2, 0) is 4.79 Å². The highest BCUT2D eigenvalue weighted by Crippen LogP contribution is 2.29. The molecule has 1 atom stereocenters. The van der Waals surface area contributed by atoms with Gasteiger partial charge in [-0.1, -0.05) is 42.5 Å². The zero-order valence-electron chi connectivity index (χ0n) is 13.4. The molecule has 2 aromatic carbocycles. The van der Waals surface area contributed by atoms with Gasteiger partial charge in [0.2, 0.25) is 0 Å². The molecule has 0 saturated carbocycles. The lowest BCUT2D eigenvalue weighted by molar-refractivity contribution is -0.124. The summed E-state index contributed by atoms with van der Waals surface area (Å²) in [7, 11) is 0. The second kappa shape index (κ2) is 7.47. The van der Waals surface area contributed by atoms with Crippen LogP contribution in [-0.4, -0.2) is 35.3 Å². The number of aliphatic hydroxyl groups is 2. The van der Waals surface area contributed by atoms with E-state index in [1.807, 2.05) is 30.3 Å². The van der Waals surface area contributed by atoms with Crippen molar-refractivity contribution in [3.8, 4) is 0 Å². The van der Waals surface area contributed by atoms with Crippen molar-refractivity contribution < 1.29 is 15.0 Å². The number of nitrogens with zero attached hydrogens (tertiary/aromatic N) is 1. The van der Waals surface area contributed by atoms with Crippen LogP contribution in [0.1, 0.15) is 24.5 Å². The summed E-state index contributed by atoms with van der Waals surface area (Å²) in [5, 5.41) is 22.7. The molecule has 3 rings (SSSR count). The predicted octanol–water partition coefficient (Wildman–Crippen LogP) is 2.32. The molecular formula is C19H22N2O3. The van der Waals surface area contributed by atoms with Gasteiger partial charge in [0.25, 0.3) is 5.91 Å². The van der Waals surface area contributed by atoms with Crippen molar-refractivity contribution in [1.29, 1.82) is 0 Å². The number of aliphatic hydroxyl groups excluding tert-OH is 2. The molecule has 1 unspecified atom stereocenters. The lowest BCUT2D eigenvalue weighted by atomic mass is 10.1. The van der Waals surface area contributed by atoms with E-state index in [2.05, 4.69) is 10.2 Å². The average molecular weight is 326 g/mol. The van der Waals surface area contributed by atoms with E-state index in [-0.39, 0.29) is 6.10 Å². The Labute approximate surface area is 141 Å². The average Bonchev–Trinajstić information content (AvgIpc) is 2.63. The van der Waals surface area contributed by atoms with Gasteiger partial charge in [-0.25, -0.2) is 0 Å².